The quantitative estimate of drug-likeness (QED) is 0.438. The fourth-order valence-electron chi connectivity index (χ4n) is 4.29. The first-order valence-electron chi connectivity index (χ1n) is 11.3. The minimum Gasteiger partial charge on any atom is -0.323 e. The molecule has 0 aliphatic carbocycles. The van der Waals surface area contributed by atoms with Gasteiger partial charge in [-0.25, -0.2) is 4.79 Å². The number of carbonyl (C=O) groups excluding carboxylic acids is 3. The minimum absolute atomic E-state index is 0.257. The summed E-state index contributed by atoms with van der Waals surface area (Å²) >= 11 is 0. The van der Waals surface area contributed by atoms with Gasteiger partial charge in [-0.3, -0.25) is 14.5 Å². The molecule has 1 aliphatic rings. The number of urea groups is 1. The normalized spacial score (nSPS) is 18.5. The van der Waals surface area contributed by atoms with Crippen molar-refractivity contribution < 1.29 is 14.4 Å². The van der Waals surface area contributed by atoms with Crippen LogP contribution < -0.4 is 10.2 Å². The van der Waals surface area contributed by atoms with Gasteiger partial charge in [-0.05, 0) is 31.7 Å². The molecule has 0 radical (unpaired) electrons. The summed E-state index contributed by atoms with van der Waals surface area (Å²) in [7, 11) is 0. The lowest BCUT2D eigenvalue weighted by Crippen LogP contribution is -2.46. The lowest BCUT2D eigenvalue weighted by molar-refractivity contribution is -0.134. The van der Waals surface area contributed by atoms with Gasteiger partial charge in [0.1, 0.15) is 12.1 Å². The molecule has 2 aromatic rings. The maximum atomic E-state index is 13.2. The van der Waals surface area contributed by atoms with Gasteiger partial charge in [0.05, 0.1) is 5.69 Å². The van der Waals surface area contributed by atoms with E-state index in [1.807, 2.05) is 49.4 Å². The van der Waals surface area contributed by atoms with Gasteiger partial charge >= 0.3 is 6.03 Å². The molecule has 6 nitrogen and oxygen atoms in total. The molecule has 0 spiro atoms. The predicted octanol–water partition coefficient (Wildman–Crippen LogP) is 4.86. The van der Waals surface area contributed by atoms with Crippen molar-refractivity contribution in [3.8, 4) is 0 Å². The fourth-order valence-corrected chi connectivity index (χ4v) is 4.29. The number of hydrogen-bond donors (Lipinski definition) is 1. The summed E-state index contributed by atoms with van der Waals surface area (Å²) in [6, 6.07) is 13.2. The molecule has 1 heterocycles. The second-order valence-electron chi connectivity index (χ2n) is 8.45. The van der Waals surface area contributed by atoms with E-state index in [4.69, 9.17) is 0 Å². The largest absolute Gasteiger partial charge is 0.325 e. The molecule has 1 aliphatic heterocycles. The van der Waals surface area contributed by atoms with Gasteiger partial charge in [0, 0.05) is 11.9 Å². The number of imide groups is 1. The van der Waals surface area contributed by atoms with Gasteiger partial charge in [-0.2, -0.15) is 0 Å². The highest BCUT2D eigenvalue weighted by Crippen LogP contribution is 2.28. The molecule has 2 aromatic carbocycles. The minimum atomic E-state index is -0.930. The Kier molecular flexibility index (Phi) is 7.31. The smallest absolute Gasteiger partial charge is 0.323 e. The molecule has 4 amide bonds. The Balaban J connectivity index is 1.71. The standard InChI is InChI=1S/C25H33N3O3/c1-4-6-7-8-11-17-25(3)23(30)28(24(31)26-25)18-22(29)27(5-2)21-16-12-14-19-13-9-10-15-20(19)21/h9-10,12-16H,4-8,11,17-18H2,1-3H3,(H,26,31). The Morgan fingerprint density at radius 2 is 1.71 bits per heavy atom. The maximum Gasteiger partial charge on any atom is 0.325 e. The number of rotatable bonds is 10. The molecule has 1 unspecified atom stereocenters. The number of hydrogen-bond acceptors (Lipinski definition) is 3. The van der Waals surface area contributed by atoms with Gasteiger partial charge in [-0.1, -0.05) is 75.4 Å². The second kappa shape index (κ2) is 9.94. The lowest BCUT2D eigenvalue weighted by atomic mass is 9.94. The van der Waals surface area contributed by atoms with Crippen LogP contribution in [-0.2, 0) is 9.59 Å². The summed E-state index contributed by atoms with van der Waals surface area (Å²) in [5.74, 6) is -0.579. The number of nitrogens with zero attached hydrogens (tertiary/aromatic N) is 2. The number of nitrogens with one attached hydrogen (secondary N) is 1. The number of carbonyl (C=O) groups is 3. The van der Waals surface area contributed by atoms with E-state index in [-0.39, 0.29) is 18.4 Å². The summed E-state index contributed by atoms with van der Waals surface area (Å²) in [6.45, 7) is 6.01. The summed E-state index contributed by atoms with van der Waals surface area (Å²) in [4.78, 5) is 41.5. The zero-order chi connectivity index (χ0) is 22.4. The van der Waals surface area contributed by atoms with Gasteiger partial charge in [0.25, 0.3) is 5.91 Å². The van der Waals surface area contributed by atoms with Crippen LogP contribution in [0.15, 0.2) is 42.5 Å². The predicted molar refractivity (Wildman–Crippen MR) is 124 cm³/mol. The molecule has 3 rings (SSSR count). The summed E-state index contributed by atoms with van der Waals surface area (Å²) in [5, 5.41) is 4.83. The number of likely N-dealkylation sites (N-methyl/N-ethyl adjacent to an activating group) is 1. The number of benzene rings is 2. The summed E-state index contributed by atoms with van der Waals surface area (Å²) < 4.78 is 0. The van der Waals surface area contributed by atoms with Crippen molar-refractivity contribution in [1.29, 1.82) is 0 Å². The van der Waals surface area contributed by atoms with E-state index < -0.39 is 11.6 Å². The summed E-state index contributed by atoms with van der Waals surface area (Å²) in [6.07, 6.45) is 5.98. The molecule has 0 bridgehead atoms. The van der Waals surface area contributed by atoms with Crippen LogP contribution in [0.5, 0.6) is 0 Å². The van der Waals surface area contributed by atoms with Crippen molar-refractivity contribution in [3.63, 3.8) is 0 Å². The molecular formula is C25H33N3O3. The fraction of sp³-hybridized carbons (Fsp3) is 0.480. The number of fused-ring (bicyclic) bond motifs is 1. The van der Waals surface area contributed by atoms with Gasteiger partial charge in [0.15, 0.2) is 0 Å². The monoisotopic (exact) mass is 423 g/mol. The first kappa shape index (κ1) is 22.8. The molecule has 1 atom stereocenters. The van der Waals surface area contributed by atoms with Crippen molar-refractivity contribution in [1.82, 2.24) is 10.2 Å². The number of anilines is 1. The second-order valence-corrected chi connectivity index (χ2v) is 8.45. The van der Waals surface area contributed by atoms with Crippen LogP contribution in [0.3, 0.4) is 0 Å². The van der Waals surface area contributed by atoms with E-state index in [9.17, 15) is 14.4 Å². The van der Waals surface area contributed by atoms with Gasteiger partial charge < -0.3 is 10.2 Å². The number of unbranched alkanes of at least 4 members (excludes halogenated alkanes) is 4. The van der Waals surface area contributed by atoms with E-state index in [2.05, 4.69) is 12.2 Å². The maximum absolute atomic E-state index is 13.2. The molecule has 166 valence electrons. The van der Waals surface area contributed by atoms with Crippen LogP contribution >= 0.6 is 0 Å². The van der Waals surface area contributed by atoms with Crippen molar-refractivity contribution >= 4 is 34.3 Å². The Labute approximate surface area is 184 Å². The van der Waals surface area contributed by atoms with Crippen molar-refractivity contribution in [3.05, 3.63) is 42.5 Å². The summed E-state index contributed by atoms with van der Waals surface area (Å²) in [5.41, 5.74) is -0.142. The van der Waals surface area contributed by atoms with Crippen LogP contribution in [0, 0.1) is 0 Å². The van der Waals surface area contributed by atoms with Crippen molar-refractivity contribution in [2.75, 3.05) is 18.0 Å². The van der Waals surface area contributed by atoms with E-state index in [0.29, 0.717) is 13.0 Å². The molecule has 0 saturated carbocycles. The topological polar surface area (TPSA) is 69.7 Å². The van der Waals surface area contributed by atoms with Gasteiger partial charge in [0.2, 0.25) is 5.91 Å². The first-order valence-corrected chi connectivity index (χ1v) is 11.3. The molecule has 1 saturated heterocycles. The zero-order valence-corrected chi connectivity index (χ0v) is 18.8. The van der Waals surface area contributed by atoms with Crippen LogP contribution in [0.25, 0.3) is 10.8 Å². The van der Waals surface area contributed by atoms with Crippen molar-refractivity contribution in [2.24, 2.45) is 0 Å². The van der Waals surface area contributed by atoms with Crippen LogP contribution in [-0.4, -0.2) is 41.4 Å². The van der Waals surface area contributed by atoms with Crippen LogP contribution in [0.2, 0.25) is 0 Å². The molecule has 31 heavy (non-hydrogen) atoms. The highest BCUT2D eigenvalue weighted by molar-refractivity contribution is 6.11. The Morgan fingerprint density at radius 3 is 2.45 bits per heavy atom. The van der Waals surface area contributed by atoms with Crippen LogP contribution in [0.4, 0.5) is 10.5 Å². The third-order valence-electron chi connectivity index (χ3n) is 6.09. The highest BCUT2D eigenvalue weighted by Gasteiger charge is 2.48. The van der Waals surface area contributed by atoms with E-state index >= 15 is 0 Å². The van der Waals surface area contributed by atoms with E-state index in [0.717, 1.165) is 47.0 Å². The Hall–Kier alpha value is -2.89. The third-order valence-corrected chi connectivity index (χ3v) is 6.09. The van der Waals surface area contributed by atoms with E-state index in [1.54, 1.807) is 11.8 Å². The molecule has 6 heteroatoms. The van der Waals surface area contributed by atoms with Crippen LogP contribution in [0.1, 0.15) is 59.3 Å². The molecule has 1 fully saturated rings. The van der Waals surface area contributed by atoms with Crippen molar-refractivity contribution in [2.45, 2.75) is 64.8 Å². The average Bonchev–Trinajstić information content (AvgIpc) is 2.97. The first-order chi connectivity index (χ1) is 14.9. The Bertz CT molecular complexity index is 953. The lowest BCUT2D eigenvalue weighted by Gasteiger charge is -2.25. The molecule has 1 N–H and O–H groups in total. The molecular weight excluding hydrogens is 390 g/mol. The Morgan fingerprint density at radius 1 is 1.00 bits per heavy atom. The van der Waals surface area contributed by atoms with E-state index in [1.165, 1.54) is 6.42 Å². The third kappa shape index (κ3) is 4.89. The SMILES string of the molecule is CCCCCCCC1(C)NC(=O)N(CC(=O)N(CC)c2cccc3ccccc23)C1=O. The zero-order valence-electron chi connectivity index (χ0n) is 18.8. The molecule has 0 aromatic heterocycles. The van der Waals surface area contributed by atoms with Gasteiger partial charge in [-0.15, -0.1) is 0 Å². The highest BCUT2D eigenvalue weighted by atomic mass is 16.2. The number of amides is 4. The average molecular weight is 424 g/mol.